The van der Waals surface area contributed by atoms with Crippen LogP contribution < -0.4 is 36.3 Å². The largest absolute Gasteiger partial charge is 0.452 e. The molecule has 3 N–H and O–H groups in total. The van der Waals surface area contributed by atoms with Gasteiger partial charge in [0.25, 0.3) is 11.9 Å². The molecule has 2 aliphatic rings. The van der Waals surface area contributed by atoms with E-state index >= 15 is 0 Å². The Kier molecular flexibility index (Phi) is 7.02. The SMILES string of the molecule is Cn1c2c(c(=O)n(CCCO)c1=O)N(CC1=CCNC=C1F)C(Oc1cccc(OC(C)(F)F)c1)N2. The fourth-order valence-corrected chi connectivity index (χ4v) is 3.96. The number of anilines is 2. The summed E-state index contributed by atoms with van der Waals surface area (Å²) in [5.41, 5.74) is -0.885. The lowest BCUT2D eigenvalue weighted by Gasteiger charge is -2.28. The van der Waals surface area contributed by atoms with Crippen molar-refractivity contribution in [1.82, 2.24) is 14.5 Å². The number of dihydropyridines is 1. The Hall–Kier alpha value is -3.87. The number of halogens is 3. The van der Waals surface area contributed by atoms with Crippen molar-refractivity contribution in [3.8, 4) is 11.5 Å². The van der Waals surface area contributed by atoms with Gasteiger partial charge in [0, 0.05) is 51.5 Å². The Labute approximate surface area is 203 Å². The Balaban J connectivity index is 1.74. The summed E-state index contributed by atoms with van der Waals surface area (Å²) >= 11 is 0. The number of hydrogen-bond donors (Lipinski definition) is 3. The number of rotatable bonds is 9. The van der Waals surface area contributed by atoms with Gasteiger partial charge >= 0.3 is 11.8 Å². The van der Waals surface area contributed by atoms with Crippen LogP contribution in [0.25, 0.3) is 0 Å². The molecule has 10 nitrogen and oxygen atoms in total. The first-order valence-corrected chi connectivity index (χ1v) is 11.2. The number of aliphatic hydroxyl groups excluding tert-OH is 1. The van der Waals surface area contributed by atoms with Crippen molar-refractivity contribution in [2.45, 2.75) is 32.3 Å². The van der Waals surface area contributed by atoms with Crippen LogP contribution in [0.1, 0.15) is 13.3 Å². The van der Waals surface area contributed by atoms with E-state index in [0.29, 0.717) is 13.5 Å². The first-order valence-electron chi connectivity index (χ1n) is 11.2. The number of alkyl halides is 2. The molecule has 0 spiro atoms. The lowest BCUT2D eigenvalue weighted by molar-refractivity contribution is -0.159. The van der Waals surface area contributed by atoms with E-state index in [4.69, 9.17) is 4.74 Å². The minimum atomic E-state index is -3.41. The van der Waals surface area contributed by atoms with Crippen LogP contribution in [0.2, 0.25) is 0 Å². The summed E-state index contributed by atoms with van der Waals surface area (Å²) in [5, 5.41) is 14.9. The van der Waals surface area contributed by atoms with Crippen molar-refractivity contribution in [2.75, 3.05) is 29.9 Å². The van der Waals surface area contributed by atoms with Crippen LogP contribution in [-0.2, 0) is 13.6 Å². The molecule has 2 aromatic rings. The number of nitrogens with one attached hydrogen (secondary N) is 2. The van der Waals surface area contributed by atoms with E-state index in [0.717, 1.165) is 4.57 Å². The zero-order valence-electron chi connectivity index (χ0n) is 19.6. The molecule has 194 valence electrons. The Morgan fingerprint density at radius 2 is 2.00 bits per heavy atom. The second-order valence-corrected chi connectivity index (χ2v) is 8.33. The molecule has 2 aliphatic heterocycles. The highest BCUT2D eigenvalue weighted by atomic mass is 19.3. The highest BCUT2D eigenvalue weighted by Gasteiger charge is 2.37. The van der Waals surface area contributed by atoms with E-state index in [1.807, 2.05) is 0 Å². The average Bonchev–Trinajstić information content (AvgIpc) is 3.16. The number of nitrogens with zero attached hydrogens (tertiary/aromatic N) is 3. The Morgan fingerprint density at radius 3 is 2.69 bits per heavy atom. The molecule has 4 rings (SSSR count). The van der Waals surface area contributed by atoms with E-state index in [1.165, 1.54) is 47.0 Å². The molecule has 0 saturated heterocycles. The van der Waals surface area contributed by atoms with Crippen LogP contribution >= 0.6 is 0 Å². The molecule has 0 saturated carbocycles. The summed E-state index contributed by atoms with van der Waals surface area (Å²) in [4.78, 5) is 27.6. The van der Waals surface area contributed by atoms with Gasteiger partial charge < -0.3 is 30.1 Å². The van der Waals surface area contributed by atoms with Crippen LogP contribution in [-0.4, -0.2) is 46.4 Å². The lowest BCUT2D eigenvalue weighted by atomic mass is 10.1. The van der Waals surface area contributed by atoms with Crippen molar-refractivity contribution in [2.24, 2.45) is 7.05 Å². The van der Waals surface area contributed by atoms with Gasteiger partial charge in [-0.15, -0.1) is 0 Å². The van der Waals surface area contributed by atoms with E-state index in [1.54, 1.807) is 6.08 Å². The highest BCUT2D eigenvalue weighted by Crippen LogP contribution is 2.34. The summed E-state index contributed by atoms with van der Waals surface area (Å²) in [6.45, 7) is 0.659. The summed E-state index contributed by atoms with van der Waals surface area (Å²) in [7, 11) is 1.46. The average molecular weight is 509 g/mol. The topological polar surface area (TPSA) is 110 Å². The number of aromatic nitrogens is 2. The molecule has 0 bridgehead atoms. The summed E-state index contributed by atoms with van der Waals surface area (Å²) in [5.74, 6) is -0.384. The minimum absolute atomic E-state index is 0.0137. The third-order valence-electron chi connectivity index (χ3n) is 5.59. The van der Waals surface area contributed by atoms with E-state index in [2.05, 4.69) is 15.4 Å². The smallest absolute Gasteiger partial charge is 0.394 e. The molecule has 1 unspecified atom stereocenters. The highest BCUT2D eigenvalue weighted by molar-refractivity contribution is 5.72. The molecule has 0 amide bonds. The summed E-state index contributed by atoms with van der Waals surface area (Å²) in [6, 6.07) is 5.55. The third-order valence-corrected chi connectivity index (χ3v) is 5.59. The standard InChI is InChI=1S/C23H26F3N5O5/c1-23(25,26)36-16-6-3-5-15(11-16)35-21-28-19-18(31(21)13-14-7-8-27-12-17(14)24)20(33)30(9-4-10-32)22(34)29(19)2/h3,5-7,11-12,21,27-28,32H,4,8-10,13H2,1-2H3. The fraction of sp³-hybridized carbons (Fsp3) is 0.391. The number of benzene rings is 1. The lowest BCUT2D eigenvalue weighted by Crippen LogP contribution is -2.45. The molecule has 0 aliphatic carbocycles. The summed E-state index contributed by atoms with van der Waals surface area (Å²) in [6.07, 6.45) is -1.48. The molecular formula is C23H26F3N5O5. The van der Waals surface area contributed by atoms with E-state index < -0.39 is 29.5 Å². The number of hydrogen-bond acceptors (Lipinski definition) is 8. The van der Waals surface area contributed by atoms with Gasteiger partial charge in [0.15, 0.2) is 0 Å². The zero-order chi connectivity index (χ0) is 26.0. The number of fused-ring (bicyclic) bond motifs is 1. The van der Waals surface area contributed by atoms with E-state index in [-0.39, 0.29) is 54.7 Å². The van der Waals surface area contributed by atoms with E-state index in [9.17, 15) is 27.9 Å². The van der Waals surface area contributed by atoms with Crippen molar-refractivity contribution < 1.29 is 27.8 Å². The monoisotopic (exact) mass is 509 g/mol. The van der Waals surface area contributed by atoms with Gasteiger partial charge in [-0.3, -0.25) is 13.9 Å². The maximum Gasteiger partial charge on any atom is 0.394 e. The second-order valence-electron chi connectivity index (χ2n) is 8.33. The van der Waals surface area contributed by atoms with Gasteiger partial charge in [0.05, 0.1) is 6.54 Å². The van der Waals surface area contributed by atoms with Gasteiger partial charge in [-0.05, 0) is 18.6 Å². The van der Waals surface area contributed by atoms with Crippen molar-refractivity contribution in [3.05, 3.63) is 68.8 Å². The molecule has 3 heterocycles. The van der Waals surface area contributed by atoms with Gasteiger partial charge in [-0.2, -0.15) is 8.78 Å². The predicted molar refractivity (Wildman–Crippen MR) is 126 cm³/mol. The molecular weight excluding hydrogens is 483 g/mol. The second kappa shape index (κ2) is 10.0. The van der Waals surface area contributed by atoms with Crippen LogP contribution in [0.3, 0.4) is 0 Å². The van der Waals surface area contributed by atoms with Gasteiger partial charge in [0.1, 0.15) is 28.8 Å². The first-order chi connectivity index (χ1) is 17.1. The molecule has 1 aromatic heterocycles. The van der Waals surface area contributed by atoms with Crippen LogP contribution in [0.5, 0.6) is 11.5 Å². The zero-order valence-corrected chi connectivity index (χ0v) is 19.6. The third kappa shape index (κ3) is 5.20. The quantitative estimate of drug-likeness (QED) is 0.470. The molecule has 0 radical (unpaired) electrons. The molecule has 0 fully saturated rings. The molecule has 1 atom stereocenters. The summed E-state index contributed by atoms with van der Waals surface area (Å²) < 4.78 is 53.9. The Morgan fingerprint density at radius 1 is 1.25 bits per heavy atom. The van der Waals surface area contributed by atoms with Gasteiger partial charge in [-0.1, -0.05) is 12.1 Å². The van der Waals surface area contributed by atoms with Crippen molar-refractivity contribution in [3.63, 3.8) is 0 Å². The van der Waals surface area contributed by atoms with Gasteiger partial charge in [-0.25, -0.2) is 9.18 Å². The fourth-order valence-electron chi connectivity index (χ4n) is 3.96. The van der Waals surface area contributed by atoms with Crippen LogP contribution in [0, 0.1) is 0 Å². The van der Waals surface area contributed by atoms with Crippen molar-refractivity contribution in [1.29, 1.82) is 0 Å². The van der Waals surface area contributed by atoms with Crippen molar-refractivity contribution >= 4 is 11.5 Å². The van der Waals surface area contributed by atoms with Gasteiger partial charge in [0.2, 0.25) is 0 Å². The number of ether oxygens (including phenoxy) is 2. The normalized spacial score (nSPS) is 17.1. The first kappa shape index (κ1) is 25.2. The molecule has 36 heavy (non-hydrogen) atoms. The van der Waals surface area contributed by atoms with Crippen LogP contribution in [0.15, 0.2) is 57.5 Å². The molecule has 1 aromatic carbocycles. The Bertz CT molecular complexity index is 1310. The maximum absolute atomic E-state index is 14.5. The van der Waals surface area contributed by atoms with Crippen LogP contribution in [0.4, 0.5) is 24.7 Å². The predicted octanol–water partition coefficient (Wildman–Crippen LogP) is 1.86. The maximum atomic E-state index is 14.5. The minimum Gasteiger partial charge on any atom is -0.452 e. The molecule has 13 heteroatoms. The number of aliphatic hydroxyl groups is 1.